The monoisotopic (exact) mass is 262 g/mol. The van der Waals surface area contributed by atoms with Crippen molar-refractivity contribution in [1.29, 1.82) is 0 Å². The summed E-state index contributed by atoms with van der Waals surface area (Å²) < 4.78 is 0. The van der Waals surface area contributed by atoms with Gasteiger partial charge in [-0.3, -0.25) is 9.59 Å². The SMILES string of the molecule is Cc1cccc(NC(=O)c2sc(=O)[nH]c2C)c1C. The fraction of sp³-hybridized carbons (Fsp3) is 0.231. The van der Waals surface area contributed by atoms with Crippen molar-refractivity contribution in [2.75, 3.05) is 5.32 Å². The number of anilines is 1. The fourth-order valence-corrected chi connectivity index (χ4v) is 2.42. The number of aromatic nitrogens is 1. The van der Waals surface area contributed by atoms with Crippen molar-refractivity contribution in [2.24, 2.45) is 0 Å². The number of H-pyrrole nitrogens is 1. The number of carbonyl (C=O) groups is 1. The normalized spacial score (nSPS) is 10.4. The molecule has 1 aromatic carbocycles. The predicted molar refractivity (Wildman–Crippen MR) is 73.5 cm³/mol. The number of nitrogens with one attached hydrogen (secondary N) is 2. The number of aromatic amines is 1. The minimum Gasteiger partial charge on any atom is -0.321 e. The Balaban J connectivity index is 2.30. The number of hydrogen-bond donors (Lipinski definition) is 2. The Kier molecular flexibility index (Phi) is 3.34. The molecule has 2 rings (SSSR count). The Morgan fingerprint density at radius 1 is 1.28 bits per heavy atom. The van der Waals surface area contributed by atoms with Crippen LogP contribution in [-0.2, 0) is 0 Å². The van der Waals surface area contributed by atoms with E-state index in [1.165, 1.54) is 0 Å². The van der Waals surface area contributed by atoms with Crippen molar-refractivity contribution < 1.29 is 4.79 Å². The first kappa shape index (κ1) is 12.6. The van der Waals surface area contributed by atoms with E-state index in [2.05, 4.69) is 10.3 Å². The van der Waals surface area contributed by atoms with Crippen molar-refractivity contribution in [3.8, 4) is 0 Å². The fourth-order valence-electron chi connectivity index (χ4n) is 1.69. The topological polar surface area (TPSA) is 62.0 Å². The predicted octanol–water partition coefficient (Wildman–Crippen LogP) is 2.61. The highest BCUT2D eigenvalue weighted by atomic mass is 32.1. The average Bonchev–Trinajstić information content (AvgIpc) is 2.64. The summed E-state index contributed by atoms with van der Waals surface area (Å²) in [5.41, 5.74) is 3.53. The van der Waals surface area contributed by atoms with Crippen LogP contribution in [0.3, 0.4) is 0 Å². The number of aryl methyl sites for hydroxylation is 2. The number of rotatable bonds is 2. The Morgan fingerprint density at radius 2 is 2.00 bits per heavy atom. The van der Waals surface area contributed by atoms with Crippen LogP contribution in [0.4, 0.5) is 5.69 Å². The molecule has 0 saturated carbocycles. The van der Waals surface area contributed by atoms with Gasteiger partial charge in [0.05, 0.1) is 0 Å². The molecule has 0 aliphatic carbocycles. The molecule has 5 heteroatoms. The highest BCUT2D eigenvalue weighted by Crippen LogP contribution is 2.19. The summed E-state index contributed by atoms with van der Waals surface area (Å²) in [6.07, 6.45) is 0. The third-order valence-electron chi connectivity index (χ3n) is 2.88. The number of carbonyl (C=O) groups excluding carboxylic acids is 1. The molecule has 0 spiro atoms. The zero-order chi connectivity index (χ0) is 13.3. The van der Waals surface area contributed by atoms with E-state index in [0.29, 0.717) is 10.6 Å². The van der Waals surface area contributed by atoms with Crippen LogP contribution < -0.4 is 10.2 Å². The molecule has 94 valence electrons. The van der Waals surface area contributed by atoms with E-state index in [-0.39, 0.29) is 10.8 Å². The lowest BCUT2D eigenvalue weighted by atomic mass is 10.1. The summed E-state index contributed by atoms with van der Waals surface area (Å²) in [5.74, 6) is -0.246. The van der Waals surface area contributed by atoms with Crippen LogP contribution in [0, 0.1) is 20.8 Å². The van der Waals surface area contributed by atoms with Crippen LogP contribution in [0.2, 0.25) is 0 Å². The molecule has 2 N–H and O–H groups in total. The van der Waals surface area contributed by atoms with E-state index in [4.69, 9.17) is 0 Å². The quantitative estimate of drug-likeness (QED) is 0.874. The lowest BCUT2D eigenvalue weighted by molar-refractivity contribution is 0.102. The second-order valence-electron chi connectivity index (χ2n) is 4.17. The van der Waals surface area contributed by atoms with Gasteiger partial charge in [0.1, 0.15) is 4.88 Å². The summed E-state index contributed by atoms with van der Waals surface area (Å²) in [4.78, 5) is 26.0. The van der Waals surface area contributed by atoms with E-state index < -0.39 is 0 Å². The van der Waals surface area contributed by atoms with Gasteiger partial charge in [-0.15, -0.1) is 0 Å². The van der Waals surface area contributed by atoms with Gasteiger partial charge in [0, 0.05) is 11.4 Å². The summed E-state index contributed by atoms with van der Waals surface area (Å²) in [6.45, 7) is 5.66. The van der Waals surface area contributed by atoms with Gasteiger partial charge in [-0.1, -0.05) is 23.5 Å². The van der Waals surface area contributed by atoms with E-state index in [9.17, 15) is 9.59 Å². The van der Waals surface area contributed by atoms with E-state index in [1.54, 1.807) is 6.92 Å². The van der Waals surface area contributed by atoms with Gasteiger partial charge in [0.2, 0.25) is 0 Å². The smallest absolute Gasteiger partial charge is 0.305 e. The summed E-state index contributed by atoms with van der Waals surface area (Å²) >= 11 is 0.929. The number of benzene rings is 1. The molecular weight excluding hydrogens is 248 g/mol. The molecule has 0 unspecified atom stereocenters. The molecule has 0 bridgehead atoms. The third kappa shape index (κ3) is 2.36. The van der Waals surface area contributed by atoms with Crippen molar-refractivity contribution in [1.82, 2.24) is 4.98 Å². The average molecular weight is 262 g/mol. The highest BCUT2D eigenvalue weighted by molar-refractivity contribution is 7.11. The van der Waals surface area contributed by atoms with E-state index in [1.807, 2.05) is 32.0 Å². The molecule has 1 amide bonds. The first-order chi connectivity index (χ1) is 8.49. The van der Waals surface area contributed by atoms with Crippen LogP contribution >= 0.6 is 11.3 Å². The molecular formula is C13H14N2O2S. The molecule has 0 aliphatic heterocycles. The lowest BCUT2D eigenvalue weighted by Gasteiger charge is -2.09. The van der Waals surface area contributed by atoms with Crippen molar-refractivity contribution in [3.05, 3.63) is 49.6 Å². The van der Waals surface area contributed by atoms with Crippen LogP contribution in [0.5, 0.6) is 0 Å². The molecule has 0 radical (unpaired) electrons. The molecule has 18 heavy (non-hydrogen) atoms. The first-order valence-corrected chi connectivity index (χ1v) is 6.38. The Labute approximate surface area is 109 Å². The zero-order valence-electron chi connectivity index (χ0n) is 10.5. The first-order valence-electron chi connectivity index (χ1n) is 5.56. The lowest BCUT2D eigenvalue weighted by Crippen LogP contribution is -2.12. The summed E-state index contributed by atoms with van der Waals surface area (Å²) in [7, 11) is 0. The molecule has 0 saturated heterocycles. The Hall–Kier alpha value is -1.88. The van der Waals surface area contributed by atoms with Crippen molar-refractivity contribution >= 4 is 22.9 Å². The van der Waals surface area contributed by atoms with Crippen LogP contribution in [0.15, 0.2) is 23.0 Å². The molecule has 1 heterocycles. The van der Waals surface area contributed by atoms with Gasteiger partial charge in [0.15, 0.2) is 0 Å². The Bertz CT molecular complexity index is 655. The second-order valence-corrected chi connectivity index (χ2v) is 5.15. The van der Waals surface area contributed by atoms with Gasteiger partial charge in [-0.05, 0) is 38.0 Å². The number of hydrogen-bond acceptors (Lipinski definition) is 3. The van der Waals surface area contributed by atoms with Gasteiger partial charge < -0.3 is 10.3 Å². The summed E-state index contributed by atoms with van der Waals surface area (Å²) in [5, 5.41) is 2.83. The van der Waals surface area contributed by atoms with Crippen LogP contribution in [-0.4, -0.2) is 10.9 Å². The van der Waals surface area contributed by atoms with E-state index >= 15 is 0 Å². The molecule has 1 aromatic heterocycles. The maximum absolute atomic E-state index is 12.1. The van der Waals surface area contributed by atoms with Crippen molar-refractivity contribution in [3.63, 3.8) is 0 Å². The maximum atomic E-state index is 12.1. The van der Waals surface area contributed by atoms with Crippen molar-refractivity contribution in [2.45, 2.75) is 20.8 Å². The Morgan fingerprint density at radius 3 is 2.61 bits per heavy atom. The van der Waals surface area contributed by atoms with E-state index in [0.717, 1.165) is 28.2 Å². The van der Waals surface area contributed by atoms with Gasteiger partial charge in [0.25, 0.3) is 5.91 Å². The standard InChI is InChI=1S/C13H14N2O2S/c1-7-5-4-6-10(8(7)2)15-12(16)11-9(3)14-13(17)18-11/h4-6H,1-3H3,(H,14,17)(H,15,16). The third-order valence-corrected chi connectivity index (χ3v) is 3.87. The maximum Gasteiger partial charge on any atom is 0.305 e. The molecule has 0 fully saturated rings. The highest BCUT2D eigenvalue weighted by Gasteiger charge is 2.14. The molecule has 4 nitrogen and oxygen atoms in total. The van der Waals surface area contributed by atoms with Gasteiger partial charge in [-0.2, -0.15) is 0 Å². The minimum atomic E-state index is -0.246. The van der Waals surface area contributed by atoms with Crippen LogP contribution in [0.25, 0.3) is 0 Å². The molecule has 2 aromatic rings. The van der Waals surface area contributed by atoms with Gasteiger partial charge in [-0.25, -0.2) is 0 Å². The molecule has 0 atom stereocenters. The second kappa shape index (κ2) is 4.78. The number of amides is 1. The zero-order valence-corrected chi connectivity index (χ0v) is 11.3. The molecule has 0 aliphatic rings. The summed E-state index contributed by atoms with van der Waals surface area (Å²) in [6, 6.07) is 5.74. The van der Waals surface area contributed by atoms with Gasteiger partial charge >= 0.3 is 4.87 Å². The number of thiazole rings is 1. The minimum absolute atomic E-state index is 0.210. The van der Waals surface area contributed by atoms with Crippen LogP contribution in [0.1, 0.15) is 26.5 Å². The largest absolute Gasteiger partial charge is 0.321 e.